The van der Waals surface area contributed by atoms with Gasteiger partial charge in [-0.3, -0.25) is 4.79 Å². The Labute approximate surface area is 126 Å². The van der Waals surface area contributed by atoms with Crippen molar-refractivity contribution < 1.29 is 13.9 Å². The topological polar surface area (TPSA) is 26.3 Å². The summed E-state index contributed by atoms with van der Waals surface area (Å²) < 4.78 is 19.1. The van der Waals surface area contributed by atoms with Crippen molar-refractivity contribution in [2.24, 2.45) is 5.92 Å². The van der Waals surface area contributed by atoms with Gasteiger partial charge >= 0.3 is 0 Å². The van der Waals surface area contributed by atoms with Crippen molar-refractivity contribution >= 4 is 5.78 Å². The molecule has 0 saturated heterocycles. The lowest BCUT2D eigenvalue weighted by molar-refractivity contribution is -0.134. The molecule has 1 aliphatic rings. The van der Waals surface area contributed by atoms with E-state index in [4.69, 9.17) is 4.74 Å². The lowest BCUT2D eigenvalue weighted by Gasteiger charge is -2.29. The van der Waals surface area contributed by atoms with Gasteiger partial charge in [0.05, 0.1) is 0 Å². The molecule has 1 saturated carbocycles. The van der Waals surface area contributed by atoms with E-state index in [1.54, 1.807) is 6.07 Å². The van der Waals surface area contributed by atoms with Crippen LogP contribution in [0.5, 0.6) is 0 Å². The maximum atomic E-state index is 13.4. The van der Waals surface area contributed by atoms with Crippen molar-refractivity contribution in [2.75, 3.05) is 6.61 Å². The Bertz CT molecular complexity index is 478. The molecule has 1 aromatic carbocycles. The highest BCUT2D eigenvalue weighted by molar-refractivity contribution is 5.85. The molecule has 1 atom stereocenters. The number of benzene rings is 1. The van der Waals surface area contributed by atoms with Crippen molar-refractivity contribution in [3.63, 3.8) is 0 Å². The summed E-state index contributed by atoms with van der Waals surface area (Å²) in [7, 11) is 0. The van der Waals surface area contributed by atoms with Gasteiger partial charge < -0.3 is 4.74 Å². The number of halogens is 1. The third-order valence-corrected chi connectivity index (χ3v) is 4.42. The van der Waals surface area contributed by atoms with E-state index in [1.807, 2.05) is 13.8 Å². The molecule has 0 radical (unpaired) electrons. The van der Waals surface area contributed by atoms with E-state index in [-0.39, 0.29) is 24.1 Å². The number of carbonyl (C=O) groups is 1. The molecule has 1 unspecified atom stereocenters. The molecule has 1 aliphatic carbocycles. The smallest absolute Gasteiger partial charge is 0.166 e. The fourth-order valence-electron chi connectivity index (χ4n) is 3.23. The Kier molecular flexibility index (Phi) is 5.92. The largest absolute Gasteiger partial charge is 0.370 e. The van der Waals surface area contributed by atoms with Gasteiger partial charge in [-0.1, -0.05) is 25.3 Å². The Hall–Kier alpha value is -1.22. The van der Waals surface area contributed by atoms with Crippen molar-refractivity contribution in [3.05, 3.63) is 35.1 Å². The first-order valence-electron chi connectivity index (χ1n) is 8.01. The number of aryl methyl sites for hydroxylation is 1. The normalized spacial score (nSPS) is 17.7. The summed E-state index contributed by atoms with van der Waals surface area (Å²) in [6.45, 7) is 4.39. The minimum absolute atomic E-state index is 0.0949. The molecule has 1 aromatic rings. The van der Waals surface area contributed by atoms with Crippen LogP contribution in [-0.2, 0) is 16.0 Å². The number of Topliss-reactive ketones (excluding diaryl/α,β-unsaturated/α-hetero) is 1. The average Bonchev–Trinajstić information content (AvgIpc) is 2.49. The highest BCUT2D eigenvalue weighted by Crippen LogP contribution is 2.29. The molecule has 0 aromatic heterocycles. The van der Waals surface area contributed by atoms with E-state index in [9.17, 15) is 9.18 Å². The summed E-state index contributed by atoms with van der Waals surface area (Å²) in [6, 6.07) is 4.63. The zero-order chi connectivity index (χ0) is 15.2. The Morgan fingerprint density at radius 1 is 1.33 bits per heavy atom. The van der Waals surface area contributed by atoms with Gasteiger partial charge in [0.25, 0.3) is 0 Å². The summed E-state index contributed by atoms with van der Waals surface area (Å²) in [5, 5.41) is 0. The summed E-state index contributed by atoms with van der Waals surface area (Å²) in [6.07, 6.45) is 5.70. The monoisotopic (exact) mass is 292 g/mol. The van der Waals surface area contributed by atoms with Gasteiger partial charge in [0.15, 0.2) is 5.78 Å². The quantitative estimate of drug-likeness (QED) is 0.784. The maximum absolute atomic E-state index is 13.4. The van der Waals surface area contributed by atoms with Crippen LogP contribution < -0.4 is 0 Å². The third-order valence-electron chi connectivity index (χ3n) is 4.42. The van der Waals surface area contributed by atoms with E-state index in [0.717, 1.165) is 24.0 Å². The first-order valence-corrected chi connectivity index (χ1v) is 8.01. The van der Waals surface area contributed by atoms with Crippen molar-refractivity contribution in [1.29, 1.82) is 0 Å². The fraction of sp³-hybridized carbons (Fsp3) is 0.611. The molecule has 0 N–H and O–H groups in total. The number of hydrogen-bond donors (Lipinski definition) is 0. The van der Waals surface area contributed by atoms with Crippen LogP contribution in [0.15, 0.2) is 18.2 Å². The van der Waals surface area contributed by atoms with E-state index in [1.165, 1.54) is 31.4 Å². The van der Waals surface area contributed by atoms with Gasteiger partial charge in [0.1, 0.15) is 11.9 Å². The second-order valence-corrected chi connectivity index (χ2v) is 5.99. The number of rotatable bonds is 6. The Balaban J connectivity index is 2.08. The second-order valence-electron chi connectivity index (χ2n) is 5.99. The van der Waals surface area contributed by atoms with Crippen LogP contribution in [0.25, 0.3) is 0 Å². The van der Waals surface area contributed by atoms with Gasteiger partial charge in [-0.25, -0.2) is 4.39 Å². The van der Waals surface area contributed by atoms with Crippen LogP contribution in [0.3, 0.4) is 0 Å². The van der Waals surface area contributed by atoms with E-state index < -0.39 is 0 Å². The zero-order valence-electron chi connectivity index (χ0n) is 13.0. The minimum atomic E-state index is -0.321. The lowest BCUT2D eigenvalue weighted by Crippen LogP contribution is -2.35. The molecule has 116 valence electrons. The van der Waals surface area contributed by atoms with E-state index >= 15 is 0 Å². The van der Waals surface area contributed by atoms with E-state index in [2.05, 4.69) is 0 Å². The predicted octanol–water partition coefficient (Wildman–Crippen LogP) is 4.23. The van der Waals surface area contributed by atoms with Gasteiger partial charge in [-0.2, -0.15) is 0 Å². The molecule has 0 aliphatic heterocycles. The molecule has 3 heteroatoms. The van der Waals surface area contributed by atoms with Crippen molar-refractivity contribution in [2.45, 2.75) is 58.5 Å². The van der Waals surface area contributed by atoms with Crippen LogP contribution in [0.2, 0.25) is 0 Å². The van der Waals surface area contributed by atoms with Gasteiger partial charge in [-0.05, 0) is 55.9 Å². The highest BCUT2D eigenvalue weighted by Gasteiger charge is 2.30. The summed E-state index contributed by atoms with van der Waals surface area (Å²) in [5.74, 6) is 0.145. The van der Waals surface area contributed by atoms with Crippen LogP contribution in [0.1, 0.15) is 50.2 Å². The molecule has 0 amide bonds. The van der Waals surface area contributed by atoms with Crippen LogP contribution in [-0.4, -0.2) is 18.5 Å². The first-order chi connectivity index (χ1) is 10.1. The summed E-state index contributed by atoms with van der Waals surface area (Å²) in [5.41, 5.74) is 1.74. The maximum Gasteiger partial charge on any atom is 0.166 e. The lowest BCUT2D eigenvalue weighted by atomic mass is 9.82. The molecule has 0 bridgehead atoms. The molecule has 2 rings (SSSR count). The predicted molar refractivity (Wildman–Crippen MR) is 81.8 cm³/mol. The Morgan fingerprint density at radius 3 is 2.71 bits per heavy atom. The highest BCUT2D eigenvalue weighted by atomic mass is 19.1. The molecular formula is C18H25FO2. The number of hydrogen-bond acceptors (Lipinski definition) is 2. The van der Waals surface area contributed by atoms with Crippen LogP contribution in [0, 0.1) is 18.7 Å². The fourth-order valence-corrected chi connectivity index (χ4v) is 3.23. The number of carbonyl (C=O) groups excluding carboxylic acids is 1. The summed E-state index contributed by atoms with van der Waals surface area (Å²) >= 11 is 0. The third kappa shape index (κ3) is 4.37. The molecular weight excluding hydrogens is 267 g/mol. The van der Waals surface area contributed by atoms with Gasteiger partial charge in [-0.15, -0.1) is 0 Å². The zero-order valence-corrected chi connectivity index (χ0v) is 13.0. The van der Waals surface area contributed by atoms with E-state index in [0.29, 0.717) is 12.5 Å². The second kappa shape index (κ2) is 7.69. The SMILES string of the molecule is CCOC(C(=O)Cc1cc(F)ccc1C)C1CCCCC1. The molecule has 0 heterocycles. The molecule has 2 nitrogen and oxygen atoms in total. The van der Waals surface area contributed by atoms with Crippen LogP contribution in [0.4, 0.5) is 4.39 Å². The van der Waals surface area contributed by atoms with Gasteiger partial charge in [0.2, 0.25) is 0 Å². The number of ketones is 1. The van der Waals surface area contributed by atoms with Crippen molar-refractivity contribution in [3.8, 4) is 0 Å². The van der Waals surface area contributed by atoms with Gasteiger partial charge in [0, 0.05) is 13.0 Å². The summed E-state index contributed by atoms with van der Waals surface area (Å²) in [4.78, 5) is 12.6. The average molecular weight is 292 g/mol. The molecule has 0 spiro atoms. The minimum Gasteiger partial charge on any atom is -0.370 e. The number of ether oxygens (including phenoxy) is 1. The Morgan fingerprint density at radius 2 is 2.05 bits per heavy atom. The molecule has 1 fully saturated rings. The first kappa shape index (κ1) is 16.2. The van der Waals surface area contributed by atoms with Crippen LogP contribution >= 0.6 is 0 Å². The standard InChI is InChI=1S/C18H25FO2/c1-3-21-18(14-7-5-4-6-8-14)17(20)12-15-11-16(19)10-9-13(15)2/h9-11,14,18H,3-8,12H2,1-2H3. The molecule has 21 heavy (non-hydrogen) atoms. The van der Waals surface area contributed by atoms with Crippen molar-refractivity contribution in [1.82, 2.24) is 0 Å².